The van der Waals surface area contributed by atoms with Crippen molar-refractivity contribution < 1.29 is 9.84 Å². The van der Waals surface area contributed by atoms with Crippen molar-refractivity contribution in [2.75, 3.05) is 13.2 Å². The molecule has 0 bridgehead atoms. The van der Waals surface area contributed by atoms with Gasteiger partial charge in [0.15, 0.2) is 0 Å². The Hall–Kier alpha value is -0.380. The Kier molecular flexibility index (Phi) is 2.67. The van der Waals surface area contributed by atoms with Gasteiger partial charge in [-0.3, -0.25) is 0 Å². The molecule has 1 fully saturated rings. The highest BCUT2D eigenvalue weighted by Gasteiger charge is 2.26. The quantitative estimate of drug-likeness (QED) is 0.788. The summed E-state index contributed by atoms with van der Waals surface area (Å²) in [7, 11) is 0. The van der Waals surface area contributed by atoms with Gasteiger partial charge < -0.3 is 9.84 Å². The molecule has 13 heavy (non-hydrogen) atoms. The summed E-state index contributed by atoms with van der Waals surface area (Å²) in [5.41, 5.74) is 2.28. The van der Waals surface area contributed by atoms with Gasteiger partial charge in [-0.15, -0.1) is 0 Å². The minimum atomic E-state index is -0.325. The molecule has 0 radical (unpaired) electrons. The normalized spacial score (nSPS) is 24.9. The van der Waals surface area contributed by atoms with Crippen LogP contribution in [0.15, 0.2) is 10.8 Å². The van der Waals surface area contributed by atoms with Crippen molar-refractivity contribution in [3.8, 4) is 0 Å². The Morgan fingerprint density at radius 1 is 1.62 bits per heavy atom. The molecule has 2 unspecified atom stereocenters. The van der Waals surface area contributed by atoms with E-state index in [0.717, 1.165) is 18.6 Å². The lowest BCUT2D eigenvalue weighted by atomic mass is 9.95. The molecule has 1 aromatic heterocycles. The second-order valence-electron chi connectivity index (χ2n) is 3.58. The highest BCUT2D eigenvalue weighted by molar-refractivity contribution is 7.08. The van der Waals surface area contributed by atoms with Crippen molar-refractivity contribution in [1.29, 1.82) is 0 Å². The van der Waals surface area contributed by atoms with Crippen molar-refractivity contribution >= 4 is 11.3 Å². The third kappa shape index (κ3) is 1.77. The van der Waals surface area contributed by atoms with Gasteiger partial charge in [-0.05, 0) is 35.2 Å². The third-order valence-electron chi connectivity index (χ3n) is 2.63. The molecule has 1 aromatic rings. The largest absolute Gasteiger partial charge is 0.388 e. The number of ether oxygens (including phenoxy) is 1. The van der Waals surface area contributed by atoms with E-state index in [1.807, 2.05) is 12.3 Å². The van der Waals surface area contributed by atoms with Crippen LogP contribution >= 0.6 is 11.3 Å². The molecule has 2 rings (SSSR count). The van der Waals surface area contributed by atoms with Crippen LogP contribution in [0.25, 0.3) is 0 Å². The lowest BCUT2D eigenvalue weighted by molar-refractivity contribution is 0.0917. The monoisotopic (exact) mass is 198 g/mol. The maximum atomic E-state index is 10.0. The van der Waals surface area contributed by atoms with Crippen LogP contribution in [-0.2, 0) is 4.74 Å². The molecule has 3 heteroatoms. The van der Waals surface area contributed by atoms with Gasteiger partial charge in [0.1, 0.15) is 0 Å². The average molecular weight is 198 g/mol. The molecule has 2 heterocycles. The topological polar surface area (TPSA) is 29.5 Å². The summed E-state index contributed by atoms with van der Waals surface area (Å²) < 4.78 is 5.26. The molecule has 0 aliphatic carbocycles. The highest BCUT2D eigenvalue weighted by Crippen LogP contribution is 2.31. The summed E-state index contributed by atoms with van der Waals surface area (Å²) in [5.74, 6) is 0.299. The Balaban J connectivity index is 2.12. The van der Waals surface area contributed by atoms with Gasteiger partial charge in [-0.2, -0.15) is 11.3 Å². The molecule has 1 aliphatic heterocycles. The summed E-state index contributed by atoms with van der Waals surface area (Å²) in [6.45, 7) is 3.55. The standard InChI is InChI=1S/C10H14O2S/c1-7-5-13-6-9(7)10(11)8-2-3-12-4-8/h5-6,8,10-11H,2-4H2,1H3. The molecule has 0 spiro atoms. The first-order chi connectivity index (χ1) is 6.29. The van der Waals surface area contributed by atoms with Crippen molar-refractivity contribution in [3.05, 3.63) is 21.9 Å². The minimum absolute atomic E-state index is 0.299. The van der Waals surface area contributed by atoms with E-state index in [-0.39, 0.29) is 6.10 Å². The fourth-order valence-corrected chi connectivity index (χ4v) is 2.61. The Morgan fingerprint density at radius 2 is 2.46 bits per heavy atom. The number of thiophene rings is 1. The molecule has 1 N–H and O–H groups in total. The van der Waals surface area contributed by atoms with E-state index in [2.05, 4.69) is 5.38 Å². The van der Waals surface area contributed by atoms with E-state index in [9.17, 15) is 5.11 Å². The van der Waals surface area contributed by atoms with Gasteiger partial charge in [-0.1, -0.05) is 0 Å². The van der Waals surface area contributed by atoms with Gasteiger partial charge in [0.05, 0.1) is 12.7 Å². The van der Waals surface area contributed by atoms with E-state index in [1.54, 1.807) is 11.3 Å². The van der Waals surface area contributed by atoms with Crippen molar-refractivity contribution in [1.82, 2.24) is 0 Å². The predicted molar refractivity (Wildman–Crippen MR) is 52.9 cm³/mol. The van der Waals surface area contributed by atoms with E-state index in [4.69, 9.17) is 4.74 Å². The van der Waals surface area contributed by atoms with Crippen LogP contribution in [0.1, 0.15) is 23.7 Å². The molecule has 1 aliphatic rings. The summed E-state index contributed by atoms with van der Waals surface area (Å²) >= 11 is 1.65. The first-order valence-corrected chi connectivity index (χ1v) is 5.52. The van der Waals surface area contributed by atoms with Crippen molar-refractivity contribution in [3.63, 3.8) is 0 Å². The molecule has 2 atom stereocenters. The molecule has 0 aromatic carbocycles. The zero-order chi connectivity index (χ0) is 9.26. The van der Waals surface area contributed by atoms with Crippen LogP contribution in [0.5, 0.6) is 0 Å². The smallest absolute Gasteiger partial charge is 0.0851 e. The molecular formula is C10H14O2S. The molecule has 0 amide bonds. The lowest BCUT2D eigenvalue weighted by Crippen LogP contribution is -2.12. The minimum Gasteiger partial charge on any atom is -0.388 e. The van der Waals surface area contributed by atoms with Gasteiger partial charge >= 0.3 is 0 Å². The predicted octanol–water partition coefficient (Wildman–Crippen LogP) is 2.13. The first-order valence-electron chi connectivity index (χ1n) is 4.57. The van der Waals surface area contributed by atoms with Crippen LogP contribution in [0.2, 0.25) is 0 Å². The van der Waals surface area contributed by atoms with E-state index >= 15 is 0 Å². The maximum Gasteiger partial charge on any atom is 0.0851 e. The Bertz CT molecular complexity index is 276. The number of hydrogen-bond donors (Lipinski definition) is 1. The van der Waals surface area contributed by atoms with Crippen molar-refractivity contribution in [2.45, 2.75) is 19.4 Å². The maximum absolute atomic E-state index is 10.0. The zero-order valence-corrected chi connectivity index (χ0v) is 8.51. The van der Waals surface area contributed by atoms with Crippen molar-refractivity contribution in [2.24, 2.45) is 5.92 Å². The molecule has 72 valence electrons. The number of aliphatic hydroxyl groups excluding tert-OH is 1. The van der Waals surface area contributed by atoms with Crippen LogP contribution < -0.4 is 0 Å². The summed E-state index contributed by atoms with van der Waals surface area (Å²) in [6, 6.07) is 0. The van der Waals surface area contributed by atoms with E-state index < -0.39 is 0 Å². The number of rotatable bonds is 2. The van der Waals surface area contributed by atoms with Crippen LogP contribution in [0.3, 0.4) is 0 Å². The van der Waals surface area contributed by atoms with Gasteiger partial charge in [-0.25, -0.2) is 0 Å². The molecular weight excluding hydrogens is 184 g/mol. The van der Waals surface area contributed by atoms with Crippen LogP contribution in [-0.4, -0.2) is 18.3 Å². The molecule has 2 nitrogen and oxygen atoms in total. The fraction of sp³-hybridized carbons (Fsp3) is 0.600. The zero-order valence-electron chi connectivity index (χ0n) is 7.69. The highest BCUT2D eigenvalue weighted by atomic mass is 32.1. The van der Waals surface area contributed by atoms with Crippen LogP contribution in [0.4, 0.5) is 0 Å². The number of aryl methyl sites for hydroxylation is 1. The lowest BCUT2D eigenvalue weighted by Gasteiger charge is -2.16. The molecule has 0 saturated carbocycles. The van der Waals surface area contributed by atoms with Crippen LogP contribution in [0, 0.1) is 12.8 Å². The summed E-state index contributed by atoms with van der Waals surface area (Å²) in [5, 5.41) is 14.1. The first kappa shape index (κ1) is 9.19. The van der Waals surface area contributed by atoms with Gasteiger partial charge in [0.25, 0.3) is 0 Å². The van der Waals surface area contributed by atoms with E-state index in [0.29, 0.717) is 12.5 Å². The summed E-state index contributed by atoms with van der Waals surface area (Å²) in [4.78, 5) is 0. The Labute approximate surface area is 82.2 Å². The SMILES string of the molecule is Cc1cscc1C(O)C1CCOC1. The van der Waals surface area contributed by atoms with Gasteiger partial charge in [0.2, 0.25) is 0 Å². The second-order valence-corrected chi connectivity index (χ2v) is 4.32. The third-order valence-corrected chi connectivity index (χ3v) is 3.50. The van der Waals surface area contributed by atoms with Gasteiger partial charge in [0, 0.05) is 12.5 Å². The molecule has 1 saturated heterocycles. The Morgan fingerprint density at radius 3 is 3.00 bits per heavy atom. The second kappa shape index (κ2) is 3.78. The van der Waals surface area contributed by atoms with E-state index in [1.165, 1.54) is 5.56 Å². The number of hydrogen-bond acceptors (Lipinski definition) is 3. The average Bonchev–Trinajstić information content (AvgIpc) is 2.72. The fourth-order valence-electron chi connectivity index (χ4n) is 1.73. The summed E-state index contributed by atoms with van der Waals surface area (Å²) in [6.07, 6.45) is 0.657. The number of aliphatic hydroxyl groups is 1.